The van der Waals surface area contributed by atoms with E-state index in [2.05, 4.69) is 5.32 Å². The minimum atomic E-state index is -0.969. The molecule has 0 aliphatic heterocycles. The Morgan fingerprint density at radius 3 is 2.28 bits per heavy atom. The summed E-state index contributed by atoms with van der Waals surface area (Å²) >= 11 is 0. The Morgan fingerprint density at radius 1 is 1.04 bits per heavy atom. The van der Waals surface area contributed by atoms with Crippen molar-refractivity contribution in [3.05, 3.63) is 54.1 Å². The fourth-order valence-corrected chi connectivity index (χ4v) is 2.29. The zero-order valence-corrected chi connectivity index (χ0v) is 14.2. The minimum Gasteiger partial charge on any atom is -0.490 e. The number of nitrogens with one attached hydrogen (secondary N) is 1. The van der Waals surface area contributed by atoms with Gasteiger partial charge in [0.2, 0.25) is 0 Å². The third-order valence-corrected chi connectivity index (χ3v) is 3.36. The molecule has 0 heterocycles. The molecule has 132 valence electrons. The van der Waals surface area contributed by atoms with Crippen molar-refractivity contribution in [1.82, 2.24) is 5.32 Å². The van der Waals surface area contributed by atoms with E-state index in [1.54, 1.807) is 43.3 Å². The minimum absolute atomic E-state index is 0.151. The van der Waals surface area contributed by atoms with Crippen LogP contribution < -0.4 is 14.8 Å². The molecule has 0 saturated carbocycles. The highest BCUT2D eigenvalue weighted by Crippen LogP contribution is 2.32. The van der Waals surface area contributed by atoms with Gasteiger partial charge in [0.25, 0.3) is 5.91 Å². The maximum Gasteiger partial charge on any atom is 0.305 e. The van der Waals surface area contributed by atoms with Crippen LogP contribution in [0.4, 0.5) is 0 Å². The lowest BCUT2D eigenvalue weighted by atomic mass is 10.1. The Morgan fingerprint density at radius 2 is 1.64 bits per heavy atom. The Kier molecular flexibility index (Phi) is 6.39. The first-order valence-corrected chi connectivity index (χ1v) is 8.02. The molecule has 1 unspecified atom stereocenters. The molecule has 0 aliphatic rings. The number of ether oxygens (including phenoxy) is 2. The Bertz CT molecular complexity index is 744. The molecule has 1 amide bonds. The van der Waals surface area contributed by atoms with Gasteiger partial charge in [-0.05, 0) is 38.1 Å². The van der Waals surface area contributed by atoms with Gasteiger partial charge in [0, 0.05) is 6.04 Å². The van der Waals surface area contributed by atoms with Crippen LogP contribution in [0.1, 0.15) is 30.6 Å². The second kappa shape index (κ2) is 8.73. The quantitative estimate of drug-likeness (QED) is 0.766. The van der Waals surface area contributed by atoms with Crippen LogP contribution in [0.5, 0.6) is 17.2 Å². The number of carbonyl (C=O) groups is 2. The lowest BCUT2D eigenvalue weighted by Crippen LogP contribution is -2.34. The van der Waals surface area contributed by atoms with Crippen LogP contribution in [-0.2, 0) is 4.79 Å². The first-order chi connectivity index (χ1) is 12.0. The normalized spacial score (nSPS) is 11.4. The molecule has 0 bridgehead atoms. The maximum atomic E-state index is 12.4. The van der Waals surface area contributed by atoms with Crippen molar-refractivity contribution in [1.29, 1.82) is 0 Å². The molecular weight excluding hydrogens is 322 g/mol. The molecule has 0 aromatic heterocycles. The molecule has 0 spiro atoms. The van der Waals surface area contributed by atoms with Gasteiger partial charge in [0.05, 0.1) is 18.6 Å². The molecule has 0 fully saturated rings. The van der Waals surface area contributed by atoms with E-state index in [1.807, 2.05) is 19.1 Å². The number of carboxylic acids is 1. The fraction of sp³-hybridized carbons (Fsp3) is 0.263. The van der Waals surface area contributed by atoms with Gasteiger partial charge in [-0.2, -0.15) is 0 Å². The number of hydrogen-bond donors (Lipinski definition) is 2. The lowest BCUT2D eigenvalue weighted by Gasteiger charge is -2.16. The Balaban J connectivity index is 2.21. The number of rotatable bonds is 8. The summed E-state index contributed by atoms with van der Waals surface area (Å²) in [4.78, 5) is 23.2. The molecule has 0 radical (unpaired) electrons. The van der Waals surface area contributed by atoms with E-state index in [0.717, 1.165) is 0 Å². The predicted octanol–water partition coefficient (Wildman–Crippen LogP) is 3.47. The molecule has 25 heavy (non-hydrogen) atoms. The van der Waals surface area contributed by atoms with Gasteiger partial charge in [-0.25, -0.2) is 0 Å². The molecule has 2 rings (SSSR count). The third-order valence-electron chi connectivity index (χ3n) is 3.36. The molecular formula is C19H21NO5. The van der Waals surface area contributed by atoms with E-state index >= 15 is 0 Å². The van der Waals surface area contributed by atoms with Crippen molar-refractivity contribution in [2.45, 2.75) is 26.3 Å². The summed E-state index contributed by atoms with van der Waals surface area (Å²) in [5.41, 5.74) is 0.325. The SMILES string of the molecule is CCOc1ccccc1Oc1ccccc1C(=O)NC(C)CC(=O)O. The highest BCUT2D eigenvalue weighted by Gasteiger charge is 2.17. The van der Waals surface area contributed by atoms with Crippen LogP contribution in [0.15, 0.2) is 48.5 Å². The van der Waals surface area contributed by atoms with E-state index in [-0.39, 0.29) is 6.42 Å². The average Bonchev–Trinajstić information content (AvgIpc) is 2.56. The van der Waals surface area contributed by atoms with Gasteiger partial charge in [-0.1, -0.05) is 24.3 Å². The molecule has 6 heteroatoms. The summed E-state index contributed by atoms with van der Waals surface area (Å²) in [5.74, 6) is 0.0959. The van der Waals surface area contributed by atoms with Crippen molar-refractivity contribution in [2.24, 2.45) is 0 Å². The average molecular weight is 343 g/mol. The molecule has 1 atom stereocenters. The number of benzene rings is 2. The monoisotopic (exact) mass is 343 g/mol. The van der Waals surface area contributed by atoms with E-state index in [4.69, 9.17) is 14.6 Å². The van der Waals surface area contributed by atoms with Crippen molar-refractivity contribution in [3.8, 4) is 17.2 Å². The number of hydrogen-bond acceptors (Lipinski definition) is 4. The van der Waals surface area contributed by atoms with Crippen molar-refractivity contribution >= 4 is 11.9 Å². The van der Waals surface area contributed by atoms with Crippen LogP contribution in [0.25, 0.3) is 0 Å². The summed E-state index contributed by atoms with van der Waals surface area (Å²) in [5, 5.41) is 11.5. The van der Waals surface area contributed by atoms with Gasteiger partial charge in [0.1, 0.15) is 5.75 Å². The lowest BCUT2D eigenvalue weighted by molar-refractivity contribution is -0.137. The van der Waals surface area contributed by atoms with Gasteiger partial charge in [-0.3, -0.25) is 9.59 Å². The van der Waals surface area contributed by atoms with Gasteiger partial charge >= 0.3 is 5.97 Å². The molecule has 0 saturated heterocycles. The molecule has 2 aromatic carbocycles. The number of carboxylic acid groups (broad SMARTS) is 1. The zero-order chi connectivity index (χ0) is 18.2. The van der Waals surface area contributed by atoms with Crippen LogP contribution in [-0.4, -0.2) is 29.6 Å². The summed E-state index contributed by atoms with van der Waals surface area (Å²) < 4.78 is 11.4. The molecule has 2 N–H and O–H groups in total. The van der Waals surface area contributed by atoms with Gasteiger partial charge in [-0.15, -0.1) is 0 Å². The summed E-state index contributed by atoms with van der Waals surface area (Å²) in [6, 6.07) is 13.5. The van der Waals surface area contributed by atoms with E-state index in [9.17, 15) is 9.59 Å². The van der Waals surface area contributed by atoms with E-state index in [1.165, 1.54) is 0 Å². The Hall–Kier alpha value is -3.02. The molecule has 2 aromatic rings. The third kappa shape index (κ3) is 5.24. The second-order valence-corrected chi connectivity index (χ2v) is 5.45. The van der Waals surface area contributed by atoms with Gasteiger partial charge in [0.15, 0.2) is 11.5 Å². The van der Waals surface area contributed by atoms with Crippen LogP contribution in [0, 0.1) is 0 Å². The topological polar surface area (TPSA) is 84.9 Å². The molecule has 0 aliphatic carbocycles. The largest absolute Gasteiger partial charge is 0.490 e. The maximum absolute atomic E-state index is 12.4. The Labute approximate surface area is 146 Å². The number of amides is 1. The first-order valence-electron chi connectivity index (χ1n) is 8.02. The highest BCUT2D eigenvalue weighted by atomic mass is 16.5. The van der Waals surface area contributed by atoms with Gasteiger partial charge < -0.3 is 19.9 Å². The summed E-state index contributed by atoms with van der Waals surface area (Å²) in [6.45, 7) is 4.01. The number of aliphatic carboxylic acids is 1. The van der Waals surface area contributed by atoms with Crippen LogP contribution in [0.2, 0.25) is 0 Å². The predicted molar refractivity (Wildman–Crippen MR) is 93.3 cm³/mol. The van der Waals surface area contributed by atoms with E-state index < -0.39 is 17.9 Å². The van der Waals surface area contributed by atoms with Crippen LogP contribution >= 0.6 is 0 Å². The standard InChI is InChI=1S/C19H21NO5/c1-3-24-16-10-6-7-11-17(16)25-15-9-5-4-8-14(15)19(23)20-13(2)12-18(21)22/h4-11,13H,3,12H2,1-2H3,(H,20,23)(H,21,22). The molecule has 6 nitrogen and oxygen atoms in total. The van der Waals surface area contributed by atoms with E-state index in [0.29, 0.717) is 29.4 Å². The summed E-state index contributed by atoms with van der Waals surface area (Å²) in [6.07, 6.45) is -0.151. The zero-order valence-electron chi connectivity index (χ0n) is 14.2. The van der Waals surface area contributed by atoms with Crippen LogP contribution in [0.3, 0.4) is 0 Å². The smallest absolute Gasteiger partial charge is 0.305 e. The highest BCUT2D eigenvalue weighted by molar-refractivity contribution is 5.97. The van der Waals surface area contributed by atoms with Crippen molar-refractivity contribution in [3.63, 3.8) is 0 Å². The fourth-order valence-electron chi connectivity index (χ4n) is 2.29. The number of carbonyl (C=O) groups excluding carboxylic acids is 1. The first kappa shape index (κ1) is 18.3. The second-order valence-electron chi connectivity index (χ2n) is 5.45. The van der Waals surface area contributed by atoms with Crippen molar-refractivity contribution < 1.29 is 24.2 Å². The summed E-state index contributed by atoms with van der Waals surface area (Å²) in [7, 11) is 0. The number of para-hydroxylation sites is 3. The van der Waals surface area contributed by atoms with Crippen molar-refractivity contribution in [2.75, 3.05) is 6.61 Å².